The quantitative estimate of drug-likeness (QED) is 0.526. The summed E-state index contributed by atoms with van der Waals surface area (Å²) in [6.45, 7) is 3.76. The maximum Gasteiger partial charge on any atom is 0.398 e. The summed E-state index contributed by atoms with van der Waals surface area (Å²) in [5, 5.41) is 20.9. The lowest BCUT2D eigenvalue weighted by atomic mass is 9.44. The van der Waals surface area contributed by atoms with Crippen LogP contribution in [0.4, 0.5) is 4.39 Å². The first-order valence-corrected chi connectivity index (χ1v) is 12.2. The molecule has 3 fully saturated rings. The van der Waals surface area contributed by atoms with E-state index in [0.717, 1.165) is 0 Å². The summed E-state index contributed by atoms with van der Waals surface area (Å²) in [6, 6.07) is 0. The SMILES string of the molecule is C[C@@H]1CC2C3CCC4=CC(=O)C=C[C@]4(C)[C@@]3(F)[C@@H](O)C[C@]2(C)[C@@]1(OS(=O)(=O)O)C(=O)CO. The van der Waals surface area contributed by atoms with Crippen LogP contribution >= 0.6 is 0 Å². The first-order valence-electron chi connectivity index (χ1n) is 10.8. The second-order valence-electron chi connectivity index (χ2n) is 10.2. The first kappa shape index (κ1) is 23.7. The zero-order valence-corrected chi connectivity index (χ0v) is 19.1. The van der Waals surface area contributed by atoms with Gasteiger partial charge in [-0.1, -0.05) is 25.5 Å². The highest BCUT2D eigenvalue weighted by Crippen LogP contribution is 2.71. The molecule has 0 bridgehead atoms. The molecule has 4 rings (SSSR count). The third-order valence-corrected chi connectivity index (χ3v) is 9.45. The van der Waals surface area contributed by atoms with Crippen LogP contribution in [0, 0.1) is 28.6 Å². The van der Waals surface area contributed by atoms with Gasteiger partial charge in [-0.2, -0.15) is 8.42 Å². The lowest BCUT2D eigenvalue weighted by Crippen LogP contribution is -2.70. The molecule has 0 aromatic carbocycles. The molecule has 2 unspecified atom stereocenters. The Kier molecular flexibility index (Phi) is 5.20. The van der Waals surface area contributed by atoms with Crippen LogP contribution in [0.3, 0.4) is 0 Å². The number of aliphatic hydroxyl groups excluding tert-OH is 2. The van der Waals surface area contributed by atoms with E-state index in [1.165, 1.54) is 18.2 Å². The number of carbonyl (C=O) groups excluding carboxylic acids is 2. The van der Waals surface area contributed by atoms with E-state index in [1.807, 2.05) is 0 Å². The average molecular weight is 473 g/mol. The molecule has 8 atom stereocenters. The van der Waals surface area contributed by atoms with Gasteiger partial charge in [0.1, 0.15) is 6.61 Å². The lowest BCUT2D eigenvalue weighted by Gasteiger charge is -2.62. The molecule has 0 amide bonds. The largest absolute Gasteiger partial charge is 0.398 e. The molecule has 4 aliphatic rings. The third kappa shape index (κ3) is 2.76. The van der Waals surface area contributed by atoms with E-state index in [-0.39, 0.29) is 18.6 Å². The van der Waals surface area contributed by atoms with Gasteiger partial charge in [-0.3, -0.25) is 14.1 Å². The molecule has 0 aliphatic heterocycles. The molecule has 0 heterocycles. The average Bonchev–Trinajstić information content (AvgIpc) is 2.90. The van der Waals surface area contributed by atoms with E-state index in [4.69, 9.17) is 4.18 Å². The van der Waals surface area contributed by atoms with Gasteiger partial charge in [0.05, 0.1) is 6.10 Å². The number of rotatable bonds is 4. The molecular formula is C22H29FO8S. The van der Waals surface area contributed by atoms with Crippen molar-refractivity contribution in [2.75, 3.05) is 6.61 Å². The number of allylic oxidation sites excluding steroid dienone is 4. The van der Waals surface area contributed by atoms with Gasteiger partial charge in [-0.25, -0.2) is 8.57 Å². The van der Waals surface area contributed by atoms with Crippen LogP contribution < -0.4 is 0 Å². The third-order valence-electron chi connectivity index (χ3n) is 8.98. The minimum atomic E-state index is -5.11. The fraction of sp³-hybridized carbons (Fsp3) is 0.727. The minimum Gasteiger partial charge on any atom is -0.390 e. The van der Waals surface area contributed by atoms with Gasteiger partial charge in [-0.15, -0.1) is 0 Å². The molecule has 0 spiro atoms. The number of carbonyl (C=O) groups is 2. The van der Waals surface area contributed by atoms with E-state index in [9.17, 15) is 32.8 Å². The monoisotopic (exact) mass is 472 g/mol. The van der Waals surface area contributed by atoms with Crippen molar-refractivity contribution in [1.82, 2.24) is 0 Å². The maximum absolute atomic E-state index is 17.1. The van der Waals surface area contributed by atoms with E-state index in [0.29, 0.717) is 18.4 Å². The number of fused-ring (bicyclic) bond motifs is 5. The molecule has 0 aromatic rings. The van der Waals surface area contributed by atoms with Crippen molar-refractivity contribution in [3.8, 4) is 0 Å². The maximum atomic E-state index is 17.1. The Morgan fingerprint density at radius 1 is 1.31 bits per heavy atom. The Hall–Kier alpha value is -1.46. The van der Waals surface area contributed by atoms with Crippen LogP contribution in [0.25, 0.3) is 0 Å². The predicted octanol–water partition coefficient (Wildman–Crippen LogP) is 1.72. The fourth-order valence-electron chi connectivity index (χ4n) is 7.63. The molecule has 0 aromatic heterocycles. The Bertz CT molecular complexity index is 1040. The van der Waals surface area contributed by atoms with Gasteiger partial charge in [0.25, 0.3) is 0 Å². The van der Waals surface area contributed by atoms with Crippen LogP contribution in [-0.2, 0) is 24.2 Å². The molecule has 0 radical (unpaired) electrons. The van der Waals surface area contributed by atoms with Crippen molar-refractivity contribution in [2.24, 2.45) is 28.6 Å². The van der Waals surface area contributed by atoms with Crippen molar-refractivity contribution >= 4 is 22.0 Å². The van der Waals surface area contributed by atoms with Crippen molar-refractivity contribution in [3.05, 3.63) is 23.8 Å². The summed E-state index contributed by atoms with van der Waals surface area (Å²) < 4.78 is 55.2. The molecule has 178 valence electrons. The molecule has 4 aliphatic carbocycles. The van der Waals surface area contributed by atoms with Crippen molar-refractivity contribution in [2.45, 2.75) is 63.8 Å². The second kappa shape index (κ2) is 7.02. The first-order chi connectivity index (χ1) is 14.7. The van der Waals surface area contributed by atoms with E-state index in [1.54, 1.807) is 20.8 Å². The summed E-state index contributed by atoms with van der Waals surface area (Å²) in [7, 11) is -5.11. The molecule has 0 saturated heterocycles. The highest BCUT2D eigenvalue weighted by atomic mass is 32.3. The topological polar surface area (TPSA) is 138 Å². The number of alkyl halides is 1. The standard InChI is InChI=1S/C22H29FO8S/c1-12-8-16-15-5-4-13-9-14(25)6-7-19(13,2)21(15,23)17(26)10-20(16,3)22(12,18(27)11-24)31-32(28,29)30/h6-7,9,12,15-17,24,26H,4-5,8,10-11H2,1-3H3,(H,28,29,30)/t12-,15?,16?,17+,19+,20+,21+,22+/m1/s1. The minimum absolute atomic E-state index is 0.207. The highest BCUT2D eigenvalue weighted by Gasteiger charge is 2.77. The van der Waals surface area contributed by atoms with Crippen LogP contribution in [0.15, 0.2) is 23.8 Å². The molecule has 3 saturated carbocycles. The van der Waals surface area contributed by atoms with Gasteiger partial charge in [0.2, 0.25) is 0 Å². The van der Waals surface area contributed by atoms with E-state index < -0.39 is 68.7 Å². The molecule has 32 heavy (non-hydrogen) atoms. The smallest absolute Gasteiger partial charge is 0.390 e. The van der Waals surface area contributed by atoms with Gasteiger partial charge in [-0.05, 0) is 56.6 Å². The fourth-order valence-corrected chi connectivity index (χ4v) is 8.41. The summed E-state index contributed by atoms with van der Waals surface area (Å²) in [5.41, 5.74) is -6.30. The van der Waals surface area contributed by atoms with Gasteiger partial charge >= 0.3 is 10.4 Å². The Labute approximate surface area is 186 Å². The predicted molar refractivity (Wildman–Crippen MR) is 110 cm³/mol. The van der Waals surface area contributed by atoms with Crippen molar-refractivity contribution < 1.29 is 41.3 Å². The zero-order valence-electron chi connectivity index (χ0n) is 18.2. The summed E-state index contributed by atoms with van der Waals surface area (Å²) in [5.74, 6) is -3.29. The number of ketones is 2. The zero-order chi connectivity index (χ0) is 23.9. The normalized spacial score (nSPS) is 48.0. The van der Waals surface area contributed by atoms with E-state index in [2.05, 4.69) is 0 Å². The number of Topliss-reactive ketones (excluding diaryl/α,β-unsaturated/α-hetero) is 1. The molecule has 3 N–H and O–H groups in total. The number of hydrogen-bond donors (Lipinski definition) is 3. The van der Waals surface area contributed by atoms with Crippen LogP contribution in [0.2, 0.25) is 0 Å². The highest BCUT2D eigenvalue weighted by molar-refractivity contribution is 7.81. The Morgan fingerprint density at radius 2 is 1.97 bits per heavy atom. The van der Waals surface area contributed by atoms with Crippen molar-refractivity contribution in [3.63, 3.8) is 0 Å². The molecule has 8 nitrogen and oxygen atoms in total. The number of halogens is 1. The number of aliphatic hydroxyl groups is 2. The molecular weight excluding hydrogens is 443 g/mol. The van der Waals surface area contributed by atoms with Crippen LogP contribution in [0.5, 0.6) is 0 Å². The van der Waals surface area contributed by atoms with Gasteiger partial charge in [0, 0.05) is 16.7 Å². The Balaban J connectivity index is 1.88. The van der Waals surface area contributed by atoms with Gasteiger partial charge < -0.3 is 10.2 Å². The summed E-state index contributed by atoms with van der Waals surface area (Å²) in [4.78, 5) is 24.9. The van der Waals surface area contributed by atoms with E-state index >= 15 is 4.39 Å². The van der Waals surface area contributed by atoms with Crippen LogP contribution in [-0.4, -0.2) is 58.7 Å². The second-order valence-corrected chi connectivity index (χ2v) is 11.3. The Morgan fingerprint density at radius 3 is 2.56 bits per heavy atom. The summed E-state index contributed by atoms with van der Waals surface area (Å²) in [6.07, 6.45) is 3.19. The summed E-state index contributed by atoms with van der Waals surface area (Å²) >= 11 is 0. The molecule has 10 heteroatoms. The van der Waals surface area contributed by atoms with Crippen molar-refractivity contribution in [1.29, 1.82) is 0 Å². The lowest BCUT2D eigenvalue weighted by molar-refractivity contribution is -0.215. The van der Waals surface area contributed by atoms with Crippen LogP contribution in [0.1, 0.15) is 46.5 Å². The number of hydrogen-bond acceptors (Lipinski definition) is 7. The van der Waals surface area contributed by atoms with Gasteiger partial charge in [0.15, 0.2) is 22.8 Å².